The van der Waals surface area contributed by atoms with E-state index < -0.39 is 0 Å². The van der Waals surface area contributed by atoms with Crippen LogP contribution in [0.15, 0.2) is 48.2 Å². The number of ether oxygens (including phenoxy) is 1. The molecule has 0 atom stereocenters. The summed E-state index contributed by atoms with van der Waals surface area (Å²) in [5.41, 5.74) is 6.22. The van der Waals surface area contributed by atoms with Crippen molar-refractivity contribution in [2.75, 3.05) is 31.7 Å². The number of hydrogen-bond acceptors (Lipinski definition) is 4. The maximum atomic E-state index is 13.4. The highest BCUT2D eigenvalue weighted by Gasteiger charge is 2.43. The van der Waals surface area contributed by atoms with E-state index >= 15 is 0 Å². The molecule has 2 aliphatic rings. The number of rotatable bonds is 6. The van der Waals surface area contributed by atoms with Crippen molar-refractivity contribution in [3.63, 3.8) is 0 Å². The van der Waals surface area contributed by atoms with Gasteiger partial charge in [-0.1, -0.05) is 42.0 Å². The van der Waals surface area contributed by atoms with Crippen molar-refractivity contribution in [2.24, 2.45) is 0 Å². The third kappa shape index (κ3) is 3.36. The number of nitrogens with zero attached hydrogens (tertiary/aromatic N) is 2. The maximum absolute atomic E-state index is 13.4. The average Bonchev–Trinajstić information content (AvgIpc) is 3.22. The summed E-state index contributed by atoms with van der Waals surface area (Å²) in [5.74, 6) is -0.421. The number of aryl methyl sites for hydroxylation is 2. The van der Waals surface area contributed by atoms with E-state index in [-0.39, 0.29) is 11.8 Å². The molecule has 0 spiro atoms. The first-order valence-corrected chi connectivity index (χ1v) is 10.1. The van der Waals surface area contributed by atoms with Crippen LogP contribution in [0.4, 0.5) is 5.69 Å². The second-order valence-corrected chi connectivity index (χ2v) is 7.68. The zero-order valence-electron chi connectivity index (χ0n) is 17.2. The third-order valence-electron chi connectivity index (χ3n) is 5.68. The van der Waals surface area contributed by atoms with E-state index in [1.54, 1.807) is 7.11 Å². The number of para-hydroxylation sites is 1. The number of methoxy groups -OCH3 is 1. The van der Waals surface area contributed by atoms with E-state index in [2.05, 4.69) is 12.1 Å². The van der Waals surface area contributed by atoms with Gasteiger partial charge in [0, 0.05) is 32.5 Å². The molecule has 5 heteroatoms. The predicted molar refractivity (Wildman–Crippen MR) is 114 cm³/mol. The Hall–Kier alpha value is -2.92. The van der Waals surface area contributed by atoms with Crippen molar-refractivity contribution >= 4 is 23.1 Å². The number of carbonyl (C=O) groups is 2. The molecule has 2 aliphatic heterocycles. The van der Waals surface area contributed by atoms with Crippen molar-refractivity contribution in [2.45, 2.75) is 26.7 Å². The second-order valence-electron chi connectivity index (χ2n) is 7.68. The van der Waals surface area contributed by atoms with Gasteiger partial charge in [0.1, 0.15) is 5.70 Å². The SMILES string of the molecule is COCCCN1C(=O)C(c2ccc(C)cc2C)=C(N2CCc3ccccc32)C1=O. The van der Waals surface area contributed by atoms with E-state index in [0.717, 1.165) is 28.8 Å². The molecule has 0 radical (unpaired) electrons. The molecular formula is C24H26N2O3. The molecule has 2 heterocycles. The summed E-state index contributed by atoms with van der Waals surface area (Å²) in [4.78, 5) is 30.2. The van der Waals surface area contributed by atoms with Gasteiger partial charge in [-0.25, -0.2) is 0 Å². The summed E-state index contributed by atoms with van der Waals surface area (Å²) in [6, 6.07) is 14.1. The minimum atomic E-state index is -0.211. The highest BCUT2D eigenvalue weighted by Crippen LogP contribution is 2.39. The molecule has 2 amide bonds. The van der Waals surface area contributed by atoms with Gasteiger partial charge in [0.15, 0.2) is 0 Å². The summed E-state index contributed by atoms with van der Waals surface area (Å²) in [7, 11) is 1.62. The lowest BCUT2D eigenvalue weighted by Crippen LogP contribution is -2.36. The second kappa shape index (κ2) is 7.84. The lowest BCUT2D eigenvalue weighted by atomic mass is 9.97. The van der Waals surface area contributed by atoms with Crippen LogP contribution in [0.5, 0.6) is 0 Å². The smallest absolute Gasteiger partial charge is 0.278 e. The van der Waals surface area contributed by atoms with Crippen molar-refractivity contribution in [1.29, 1.82) is 0 Å². The molecule has 5 nitrogen and oxygen atoms in total. The Balaban J connectivity index is 1.83. The third-order valence-corrected chi connectivity index (χ3v) is 5.68. The number of imide groups is 1. The topological polar surface area (TPSA) is 49.9 Å². The Morgan fingerprint density at radius 1 is 1.03 bits per heavy atom. The lowest BCUT2D eigenvalue weighted by molar-refractivity contribution is -0.137. The highest BCUT2D eigenvalue weighted by molar-refractivity contribution is 6.37. The van der Waals surface area contributed by atoms with Gasteiger partial charge in [-0.3, -0.25) is 14.5 Å². The fraction of sp³-hybridized carbons (Fsp3) is 0.333. The molecule has 150 valence electrons. The van der Waals surface area contributed by atoms with E-state index in [0.29, 0.717) is 37.4 Å². The van der Waals surface area contributed by atoms with E-state index in [4.69, 9.17) is 4.74 Å². The molecule has 0 N–H and O–H groups in total. The molecule has 2 aromatic carbocycles. The number of benzene rings is 2. The summed E-state index contributed by atoms with van der Waals surface area (Å²) >= 11 is 0. The van der Waals surface area contributed by atoms with Crippen LogP contribution in [0.1, 0.15) is 28.7 Å². The van der Waals surface area contributed by atoms with Crippen LogP contribution in [0, 0.1) is 13.8 Å². The Kier molecular flexibility index (Phi) is 5.24. The fourth-order valence-corrected chi connectivity index (χ4v) is 4.29. The van der Waals surface area contributed by atoms with Crippen LogP contribution in [0.2, 0.25) is 0 Å². The van der Waals surface area contributed by atoms with Crippen LogP contribution >= 0.6 is 0 Å². The number of carbonyl (C=O) groups excluding carboxylic acids is 2. The number of amides is 2. The van der Waals surface area contributed by atoms with Crippen molar-refractivity contribution in [3.05, 3.63) is 70.4 Å². The molecule has 0 fully saturated rings. The standard InChI is InChI=1S/C24H26N2O3/c1-16-9-10-19(17(2)15-16)21-22(24(28)26(23(21)27)12-6-14-29-3)25-13-11-18-7-4-5-8-20(18)25/h4-5,7-10,15H,6,11-14H2,1-3H3. The van der Waals surface area contributed by atoms with E-state index in [1.165, 1.54) is 10.5 Å². The molecule has 29 heavy (non-hydrogen) atoms. The normalized spacial score (nSPS) is 16.2. The zero-order chi connectivity index (χ0) is 20.5. The molecular weight excluding hydrogens is 364 g/mol. The van der Waals surface area contributed by atoms with Crippen LogP contribution in [-0.4, -0.2) is 43.5 Å². The Labute approximate surface area is 171 Å². The molecule has 2 aromatic rings. The molecule has 0 aliphatic carbocycles. The molecule has 0 bridgehead atoms. The minimum Gasteiger partial charge on any atom is -0.385 e. The molecule has 0 saturated carbocycles. The van der Waals surface area contributed by atoms with Crippen molar-refractivity contribution < 1.29 is 14.3 Å². The molecule has 4 rings (SSSR count). The van der Waals surface area contributed by atoms with Gasteiger partial charge in [0.05, 0.1) is 5.57 Å². The lowest BCUT2D eigenvalue weighted by Gasteiger charge is -2.22. The van der Waals surface area contributed by atoms with Crippen LogP contribution in [0.25, 0.3) is 5.57 Å². The monoisotopic (exact) mass is 390 g/mol. The average molecular weight is 390 g/mol. The zero-order valence-corrected chi connectivity index (χ0v) is 17.2. The van der Waals surface area contributed by atoms with Gasteiger partial charge in [0.2, 0.25) is 0 Å². The van der Waals surface area contributed by atoms with E-state index in [1.807, 2.05) is 49.1 Å². The minimum absolute atomic E-state index is 0.210. The van der Waals surface area contributed by atoms with Gasteiger partial charge in [-0.15, -0.1) is 0 Å². The van der Waals surface area contributed by atoms with Crippen LogP contribution < -0.4 is 4.90 Å². The molecule has 0 saturated heterocycles. The van der Waals surface area contributed by atoms with Crippen LogP contribution in [-0.2, 0) is 20.7 Å². The summed E-state index contributed by atoms with van der Waals surface area (Å²) in [5, 5.41) is 0. The Morgan fingerprint density at radius 2 is 1.83 bits per heavy atom. The fourth-order valence-electron chi connectivity index (χ4n) is 4.29. The number of hydrogen-bond donors (Lipinski definition) is 0. The Morgan fingerprint density at radius 3 is 2.59 bits per heavy atom. The quantitative estimate of drug-likeness (QED) is 0.560. The van der Waals surface area contributed by atoms with Crippen molar-refractivity contribution in [1.82, 2.24) is 4.90 Å². The molecule has 0 aromatic heterocycles. The van der Waals surface area contributed by atoms with Gasteiger partial charge in [-0.05, 0) is 49.4 Å². The summed E-state index contributed by atoms with van der Waals surface area (Å²) in [6.07, 6.45) is 1.49. The molecule has 0 unspecified atom stereocenters. The highest BCUT2D eigenvalue weighted by atomic mass is 16.5. The van der Waals surface area contributed by atoms with Gasteiger partial charge in [-0.2, -0.15) is 0 Å². The predicted octanol–water partition coefficient (Wildman–Crippen LogP) is 3.48. The van der Waals surface area contributed by atoms with Gasteiger partial charge >= 0.3 is 0 Å². The largest absolute Gasteiger partial charge is 0.385 e. The number of fused-ring (bicyclic) bond motifs is 1. The first-order valence-electron chi connectivity index (χ1n) is 10.1. The number of anilines is 1. The Bertz CT molecular complexity index is 1010. The first kappa shape index (κ1) is 19.4. The van der Waals surface area contributed by atoms with Crippen molar-refractivity contribution in [3.8, 4) is 0 Å². The maximum Gasteiger partial charge on any atom is 0.278 e. The summed E-state index contributed by atoms with van der Waals surface area (Å²) < 4.78 is 5.12. The van der Waals surface area contributed by atoms with Crippen LogP contribution in [0.3, 0.4) is 0 Å². The van der Waals surface area contributed by atoms with Gasteiger partial charge in [0.25, 0.3) is 11.8 Å². The first-order chi connectivity index (χ1) is 14.0. The van der Waals surface area contributed by atoms with Gasteiger partial charge < -0.3 is 9.64 Å². The summed E-state index contributed by atoms with van der Waals surface area (Å²) in [6.45, 7) is 5.60. The van der Waals surface area contributed by atoms with E-state index in [9.17, 15) is 9.59 Å².